The van der Waals surface area contributed by atoms with Gasteiger partial charge in [0.05, 0.1) is 23.2 Å². The van der Waals surface area contributed by atoms with Crippen LogP contribution in [0.3, 0.4) is 0 Å². The number of imidazole rings is 1. The summed E-state index contributed by atoms with van der Waals surface area (Å²) in [6.45, 7) is 4.85. The van der Waals surface area contributed by atoms with E-state index in [-0.39, 0.29) is 0 Å². The maximum Gasteiger partial charge on any atom is 0.227 e. The normalized spacial score (nSPS) is 11.5. The van der Waals surface area contributed by atoms with Gasteiger partial charge in [-0.2, -0.15) is 0 Å². The zero-order valence-corrected chi connectivity index (χ0v) is 18.3. The summed E-state index contributed by atoms with van der Waals surface area (Å²) in [5, 5.41) is 3.76. The number of hydrogen-bond donors (Lipinski definition) is 2. The second-order valence-corrected chi connectivity index (χ2v) is 8.47. The first kappa shape index (κ1) is 21.0. The minimum Gasteiger partial charge on any atom is -0.337 e. The summed E-state index contributed by atoms with van der Waals surface area (Å²) in [6.07, 6.45) is 8.15. The van der Waals surface area contributed by atoms with E-state index >= 15 is 0 Å². The number of hydrogen-bond acceptors (Lipinski definition) is 5. The SMILES string of the molecule is CC(C)(N)c1ccc(-c2nc(Nc3ccc(CCn4ccnc4)cc3)ncc2Cl)cc1. The van der Waals surface area contributed by atoms with Crippen molar-refractivity contribution in [1.29, 1.82) is 0 Å². The van der Waals surface area contributed by atoms with E-state index in [1.54, 1.807) is 12.4 Å². The standard InChI is InChI=1S/C24H25ClN6/c1-24(2,26)19-7-5-18(6-8-19)22-21(25)15-28-23(30-22)29-20-9-3-17(4-10-20)11-13-31-14-12-27-16-31/h3-10,12,14-16H,11,13,26H2,1-2H3,(H,28,29,30). The molecule has 0 radical (unpaired) electrons. The van der Waals surface area contributed by atoms with Crippen LogP contribution in [-0.4, -0.2) is 19.5 Å². The number of aromatic nitrogens is 4. The molecule has 0 bridgehead atoms. The van der Waals surface area contributed by atoms with Gasteiger partial charge in [0.15, 0.2) is 0 Å². The number of rotatable bonds is 7. The maximum atomic E-state index is 6.38. The largest absolute Gasteiger partial charge is 0.337 e. The molecule has 0 fully saturated rings. The Morgan fingerprint density at radius 1 is 1.06 bits per heavy atom. The van der Waals surface area contributed by atoms with E-state index in [1.165, 1.54) is 5.56 Å². The van der Waals surface area contributed by atoms with Crippen molar-refractivity contribution >= 4 is 23.2 Å². The van der Waals surface area contributed by atoms with Crippen molar-refractivity contribution in [3.8, 4) is 11.3 Å². The van der Waals surface area contributed by atoms with Gasteiger partial charge in [-0.3, -0.25) is 0 Å². The highest BCUT2D eigenvalue weighted by Gasteiger charge is 2.15. The Bertz CT molecular complexity index is 1130. The predicted molar refractivity (Wildman–Crippen MR) is 125 cm³/mol. The monoisotopic (exact) mass is 432 g/mol. The average molecular weight is 433 g/mol. The molecule has 31 heavy (non-hydrogen) atoms. The molecular weight excluding hydrogens is 408 g/mol. The van der Waals surface area contributed by atoms with Gasteiger partial charge in [0, 0.05) is 35.7 Å². The van der Waals surface area contributed by atoms with Gasteiger partial charge >= 0.3 is 0 Å². The van der Waals surface area contributed by atoms with E-state index in [0.29, 0.717) is 16.7 Å². The van der Waals surface area contributed by atoms with Gasteiger partial charge in [-0.05, 0) is 43.5 Å². The van der Waals surface area contributed by atoms with Crippen LogP contribution < -0.4 is 11.1 Å². The fourth-order valence-corrected chi connectivity index (χ4v) is 3.45. The van der Waals surface area contributed by atoms with Gasteiger partial charge < -0.3 is 15.6 Å². The third-order valence-corrected chi connectivity index (χ3v) is 5.35. The molecule has 158 valence electrons. The Labute approximate surface area is 187 Å². The number of benzene rings is 2. The Kier molecular flexibility index (Phi) is 6.02. The molecule has 0 aliphatic carbocycles. The number of nitrogens with zero attached hydrogens (tertiary/aromatic N) is 4. The molecule has 0 amide bonds. The molecule has 0 aliphatic heterocycles. The molecule has 0 unspecified atom stereocenters. The van der Waals surface area contributed by atoms with Crippen molar-refractivity contribution in [2.75, 3.05) is 5.32 Å². The third-order valence-electron chi connectivity index (χ3n) is 5.07. The topological polar surface area (TPSA) is 81.6 Å². The van der Waals surface area contributed by atoms with Crippen LogP contribution in [0, 0.1) is 0 Å². The first-order valence-corrected chi connectivity index (χ1v) is 10.5. The third kappa shape index (κ3) is 5.29. The fraction of sp³-hybridized carbons (Fsp3) is 0.208. The van der Waals surface area contributed by atoms with E-state index in [1.807, 2.05) is 62.8 Å². The fourth-order valence-electron chi connectivity index (χ4n) is 3.25. The highest BCUT2D eigenvalue weighted by molar-refractivity contribution is 6.32. The molecule has 4 aromatic rings. The predicted octanol–water partition coefficient (Wildman–Crippen LogP) is 5.17. The van der Waals surface area contributed by atoms with E-state index < -0.39 is 5.54 Å². The Morgan fingerprint density at radius 2 is 1.81 bits per heavy atom. The quantitative estimate of drug-likeness (QED) is 0.420. The molecule has 0 saturated heterocycles. The van der Waals surface area contributed by atoms with Crippen LogP contribution in [-0.2, 0) is 18.5 Å². The first-order valence-electron chi connectivity index (χ1n) is 10.1. The second kappa shape index (κ2) is 8.88. The number of halogens is 1. The molecule has 0 spiro atoms. The van der Waals surface area contributed by atoms with Gasteiger partial charge in [-0.25, -0.2) is 15.0 Å². The molecule has 2 aromatic heterocycles. The first-order chi connectivity index (χ1) is 14.9. The molecule has 0 aliphatic rings. The summed E-state index contributed by atoms with van der Waals surface area (Å²) >= 11 is 6.38. The van der Waals surface area contributed by atoms with E-state index in [9.17, 15) is 0 Å². The van der Waals surface area contributed by atoms with Crippen LogP contribution >= 0.6 is 11.6 Å². The second-order valence-electron chi connectivity index (χ2n) is 8.06. The van der Waals surface area contributed by atoms with Crippen molar-refractivity contribution in [3.63, 3.8) is 0 Å². The molecule has 0 saturated carbocycles. The molecule has 7 heteroatoms. The van der Waals surface area contributed by atoms with Crippen molar-refractivity contribution in [3.05, 3.63) is 89.6 Å². The lowest BCUT2D eigenvalue weighted by Gasteiger charge is -2.19. The van der Waals surface area contributed by atoms with E-state index in [0.717, 1.165) is 29.8 Å². The van der Waals surface area contributed by atoms with Crippen molar-refractivity contribution in [2.45, 2.75) is 32.4 Å². The zero-order valence-electron chi connectivity index (χ0n) is 17.6. The van der Waals surface area contributed by atoms with Crippen LogP contribution in [0.1, 0.15) is 25.0 Å². The van der Waals surface area contributed by atoms with E-state index in [2.05, 4.69) is 37.0 Å². The Hall–Kier alpha value is -3.22. The van der Waals surface area contributed by atoms with Crippen molar-refractivity contribution < 1.29 is 0 Å². The van der Waals surface area contributed by atoms with Gasteiger partial charge in [0.25, 0.3) is 0 Å². The Morgan fingerprint density at radius 3 is 2.45 bits per heavy atom. The zero-order chi connectivity index (χ0) is 21.8. The lowest BCUT2D eigenvalue weighted by molar-refractivity contribution is 0.554. The van der Waals surface area contributed by atoms with Gasteiger partial charge in [0.2, 0.25) is 5.95 Å². The van der Waals surface area contributed by atoms with Gasteiger partial charge in [0.1, 0.15) is 0 Å². The molecule has 3 N–H and O–H groups in total. The van der Waals surface area contributed by atoms with Crippen LogP contribution in [0.15, 0.2) is 73.4 Å². The molecule has 2 aromatic carbocycles. The molecular formula is C24H25ClN6. The molecule has 6 nitrogen and oxygen atoms in total. The number of aryl methyl sites for hydroxylation is 2. The summed E-state index contributed by atoms with van der Waals surface area (Å²) in [7, 11) is 0. The van der Waals surface area contributed by atoms with Crippen LogP contribution in [0.5, 0.6) is 0 Å². The van der Waals surface area contributed by atoms with Crippen molar-refractivity contribution in [2.24, 2.45) is 5.73 Å². The summed E-state index contributed by atoms with van der Waals surface area (Å²) in [4.78, 5) is 13.0. The number of nitrogens with one attached hydrogen (secondary N) is 1. The summed E-state index contributed by atoms with van der Waals surface area (Å²) in [5.41, 5.74) is 10.6. The van der Waals surface area contributed by atoms with Gasteiger partial charge in [-0.1, -0.05) is 48.0 Å². The van der Waals surface area contributed by atoms with Gasteiger partial charge in [-0.15, -0.1) is 0 Å². The smallest absolute Gasteiger partial charge is 0.227 e. The minimum absolute atomic E-state index is 0.397. The average Bonchev–Trinajstić information content (AvgIpc) is 3.28. The van der Waals surface area contributed by atoms with E-state index in [4.69, 9.17) is 17.3 Å². The lowest BCUT2D eigenvalue weighted by Crippen LogP contribution is -2.28. The number of anilines is 2. The highest BCUT2D eigenvalue weighted by Crippen LogP contribution is 2.28. The van der Waals surface area contributed by atoms with Crippen molar-refractivity contribution in [1.82, 2.24) is 19.5 Å². The summed E-state index contributed by atoms with van der Waals surface area (Å²) in [5.74, 6) is 0.494. The maximum absolute atomic E-state index is 6.38. The highest BCUT2D eigenvalue weighted by atomic mass is 35.5. The summed E-state index contributed by atoms with van der Waals surface area (Å²) in [6, 6.07) is 16.2. The Balaban J connectivity index is 1.47. The lowest BCUT2D eigenvalue weighted by atomic mass is 9.94. The van der Waals surface area contributed by atoms with Crippen LogP contribution in [0.25, 0.3) is 11.3 Å². The number of nitrogens with two attached hydrogens (primary N) is 1. The van der Waals surface area contributed by atoms with Crippen LogP contribution in [0.2, 0.25) is 5.02 Å². The molecule has 4 rings (SSSR count). The molecule has 0 atom stereocenters. The summed E-state index contributed by atoms with van der Waals surface area (Å²) < 4.78 is 2.07. The minimum atomic E-state index is -0.397. The van der Waals surface area contributed by atoms with Crippen LogP contribution in [0.4, 0.5) is 11.6 Å². The molecule has 2 heterocycles.